The van der Waals surface area contributed by atoms with Crippen LogP contribution in [-0.4, -0.2) is 17.1 Å². The second-order valence-electron chi connectivity index (χ2n) is 4.33. The van der Waals surface area contributed by atoms with Crippen LogP contribution in [0.2, 0.25) is 10.0 Å². The lowest BCUT2D eigenvalue weighted by atomic mass is 10.2. The highest BCUT2D eigenvalue weighted by Gasteiger charge is 2.10. The number of rotatable bonds is 2. The fourth-order valence-electron chi connectivity index (χ4n) is 2.06. The summed E-state index contributed by atoms with van der Waals surface area (Å²) >= 11 is 12.1. The number of halogens is 2. The summed E-state index contributed by atoms with van der Waals surface area (Å²) in [5.41, 5.74) is 8.77. The third kappa shape index (κ3) is 2.17. The molecule has 0 aliphatic carbocycles. The van der Waals surface area contributed by atoms with Gasteiger partial charge in [-0.15, -0.1) is 0 Å². The molecular formula is C14H11Cl2N3O. The first-order valence-corrected chi connectivity index (χ1v) is 6.62. The Hall–Kier alpha value is -1.91. The van der Waals surface area contributed by atoms with Crippen molar-refractivity contribution < 1.29 is 4.74 Å². The van der Waals surface area contributed by atoms with E-state index in [1.165, 1.54) is 0 Å². The van der Waals surface area contributed by atoms with Crippen molar-refractivity contribution in [2.45, 2.75) is 0 Å². The number of aromatic nitrogens is 2. The normalized spacial score (nSPS) is 10.9. The van der Waals surface area contributed by atoms with E-state index in [4.69, 9.17) is 33.7 Å². The number of methoxy groups -OCH3 is 1. The number of aromatic amines is 1. The van der Waals surface area contributed by atoms with Crippen LogP contribution in [0.1, 0.15) is 0 Å². The molecule has 20 heavy (non-hydrogen) atoms. The van der Waals surface area contributed by atoms with Gasteiger partial charge in [0.15, 0.2) is 0 Å². The molecule has 3 N–H and O–H groups in total. The van der Waals surface area contributed by atoms with Crippen molar-refractivity contribution in [1.82, 2.24) is 9.97 Å². The Morgan fingerprint density at radius 2 is 2.00 bits per heavy atom. The van der Waals surface area contributed by atoms with Crippen LogP contribution in [0.15, 0.2) is 30.3 Å². The molecule has 0 saturated heterocycles. The molecule has 0 aliphatic rings. The molecule has 1 heterocycles. The third-order valence-electron chi connectivity index (χ3n) is 3.01. The van der Waals surface area contributed by atoms with Crippen LogP contribution in [0.3, 0.4) is 0 Å². The second-order valence-corrected chi connectivity index (χ2v) is 5.17. The first kappa shape index (κ1) is 13.1. The van der Waals surface area contributed by atoms with Crippen LogP contribution < -0.4 is 10.5 Å². The smallest absolute Gasteiger partial charge is 0.141 e. The molecule has 0 atom stereocenters. The Morgan fingerprint density at radius 3 is 2.70 bits per heavy atom. The number of H-pyrrole nitrogens is 1. The molecule has 3 rings (SSSR count). The van der Waals surface area contributed by atoms with E-state index >= 15 is 0 Å². The highest BCUT2D eigenvalue weighted by Crippen LogP contribution is 2.31. The number of benzene rings is 2. The number of anilines is 1. The van der Waals surface area contributed by atoms with Gasteiger partial charge in [0.2, 0.25) is 0 Å². The van der Waals surface area contributed by atoms with Gasteiger partial charge in [0.05, 0.1) is 23.3 Å². The Balaban J connectivity index is 2.15. The fourth-order valence-corrected chi connectivity index (χ4v) is 2.60. The van der Waals surface area contributed by atoms with Crippen LogP contribution in [0, 0.1) is 0 Å². The fraction of sp³-hybridized carbons (Fsp3) is 0.0714. The topological polar surface area (TPSA) is 63.9 Å². The summed E-state index contributed by atoms with van der Waals surface area (Å²) in [7, 11) is 1.58. The monoisotopic (exact) mass is 307 g/mol. The number of hydrogen-bond donors (Lipinski definition) is 2. The molecule has 0 bridgehead atoms. The summed E-state index contributed by atoms with van der Waals surface area (Å²) in [5.74, 6) is 1.31. The summed E-state index contributed by atoms with van der Waals surface area (Å²) in [5, 5.41) is 1.07. The minimum atomic E-state index is 0.511. The lowest BCUT2D eigenvalue weighted by Gasteiger charge is -2.05. The highest BCUT2D eigenvalue weighted by atomic mass is 35.5. The van der Waals surface area contributed by atoms with Gasteiger partial charge in [0.1, 0.15) is 17.1 Å². The van der Waals surface area contributed by atoms with Gasteiger partial charge < -0.3 is 15.5 Å². The molecule has 0 aliphatic heterocycles. The molecule has 102 valence electrons. The molecule has 0 radical (unpaired) electrons. The van der Waals surface area contributed by atoms with Gasteiger partial charge in [-0.2, -0.15) is 0 Å². The zero-order valence-electron chi connectivity index (χ0n) is 10.6. The summed E-state index contributed by atoms with van der Waals surface area (Å²) in [6.45, 7) is 0. The van der Waals surface area contributed by atoms with Crippen molar-refractivity contribution in [3.05, 3.63) is 40.4 Å². The zero-order chi connectivity index (χ0) is 14.3. The summed E-state index contributed by atoms with van der Waals surface area (Å²) in [6.07, 6.45) is 0. The molecule has 4 nitrogen and oxygen atoms in total. The first-order valence-electron chi connectivity index (χ1n) is 5.87. The van der Waals surface area contributed by atoms with Gasteiger partial charge in [0.25, 0.3) is 0 Å². The Kier molecular flexibility index (Phi) is 3.20. The standard InChI is InChI=1S/C14H11Cl2N3O/c1-20-12-3-2-7(4-10(12)17)14-18-11-6-8(15)5-9(16)13(11)19-14/h2-6H,17H2,1H3,(H,18,19). The quantitative estimate of drug-likeness (QED) is 0.700. The first-order chi connectivity index (χ1) is 9.58. The van der Waals surface area contributed by atoms with Crippen LogP contribution >= 0.6 is 23.2 Å². The lowest BCUT2D eigenvalue weighted by molar-refractivity contribution is 0.417. The molecule has 0 spiro atoms. The average molecular weight is 308 g/mol. The van der Waals surface area contributed by atoms with Gasteiger partial charge in [-0.3, -0.25) is 0 Å². The van der Waals surface area contributed by atoms with Gasteiger partial charge in [-0.1, -0.05) is 23.2 Å². The third-order valence-corrected chi connectivity index (χ3v) is 3.51. The number of nitrogens with two attached hydrogens (primary N) is 1. The van der Waals surface area contributed by atoms with Crippen LogP contribution in [0.5, 0.6) is 5.75 Å². The predicted molar refractivity (Wildman–Crippen MR) is 82.5 cm³/mol. The molecule has 2 aromatic carbocycles. The molecule has 6 heteroatoms. The molecular weight excluding hydrogens is 297 g/mol. The molecule has 1 aromatic heterocycles. The molecule has 0 saturated carbocycles. The van der Waals surface area contributed by atoms with E-state index in [0.29, 0.717) is 32.8 Å². The largest absolute Gasteiger partial charge is 0.495 e. The molecule has 0 amide bonds. The van der Waals surface area contributed by atoms with E-state index in [0.717, 1.165) is 11.1 Å². The molecule has 0 fully saturated rings. The maximum Gasteiger partial charge on any atom is 0.141 e. The Labute approximate surface area is 125 Å². The van der Waals surface area contributed by atoms with Crippen molar-refractivity contribution in [1.29, 1.82) is 0 Å². The van der Waals surface area contributed by atoms with E-state index in [9.17, 15) is 0 Å². The van der Waals surface area contributed by atoms with Gasteiger partial charge >= 0.3 is 0 Å². The van der Waals surface area contributed by atoms with Gasteiger partial charge in [-0.25, -0.2) is 4.98 Å². The molecule has 3 aromatic rings. The maximum absolute atomic E-state index is 6.13. The zero-order valence-corrected chi connectivity index (χ0v) is 12.1. The van der Waals surface area contributed by atoms with Crippen molar-refractivity contribution >= 4 is 39.9 Å². The predicted octanol–water partition coefficient (Wildman–Crippen LogP) is 4.13. The Bertz CT molecular complexity index is 798. The number of nitrogens with one attached hydrogen (secondary N) is 1. The van der Waals surface area contributed by atoms with Crippen molar-refractivity contribution in [2.75, 3.05) is 12.8 Å². The summed E-state index contributed by atoms with van der Waals surface area (Å²) in [4.78, 5) is 7.66. The van der Waals surface area contributed by atoms with Crippen molar-refractivity contribution in [3.8, 4) is 17.1 Å². The molecule has 0 unspecified atom stereocenters. The number of fused-ring (bicyclic) bond motifs is 1. The lowest BCUT2D eigenvalue weighted by Crippen LogP contribution is -1.92. The number of nitrogens with zero attached hydrogens (tertiary/aromatic N) is 1. The van der Waals surface area contributed by atoms with Crippen molar-refractivity contribution in [3.63, 3.8) is 0 Å². The number of ether oxygens (including phenoxy) is 1. The van der Waals surface area contributed by atoms with Crippen LogP contribution in [-0.2, 0) is 0 Å². The highest BCUT2D eigenvalue weighted by molar-refractivity contribution is 6.38. The van der Waals surface area contributed by atoms with E-state index in [-0.39, 0.29) is 0 Å². The Morgan fingerprint density at radius 1 is 1.20 bits per heavy atom. The minimum absolute atomic E-state index is 0.511. The second kappa shape index (κ2) is 4.89. The van der Waals surface area contributed by atoms with E-state index < -0.39 is 0 Å². The van der Waals surface area contributed by atoms with E-state index in [1.54, 1.807) is 31.4 Å². The number of hydrogen-bond acceptors (Lipinski definition) is 3. The number of nitrogen functional groups attached to an aromatic ring is 1. The van der Waals surface area contributed by atoms with E-state index in [1.807, 2.05) is 6.07 Å². The maximum atomic E-state index is 6.13. The van der Waals surface area contributed by atoms with E-state index in [2.05, 4.69) is 9.97 Å². The van der Waals surface area contributed by atoms with Gasteiger partial charge in [0, 0.05) is 10.6 Å². The summed E-state index contributed by atoms with van der Waals surface area (Å²) < 4.78 is 5.14. The number of imidazole rings is 1. The average Bonchev–Trinajstić information content (AvgIpc) is 2.82. The van der Waals surface area contributed by atoms with Crippen molar-refractivity contribution in [2.24, 2.45) is 0 Å². The van der Waals surface area contributed by atoms with Crippen LogP contribution in [0.25, 0.3) is 22.4 Å². The van der Waals surface area contributed by atoms with Gasteiger partial charge in [-0.05, 0) is 30.3 Å². The SMILES string of the molecule is COc1ccc(-c2nc3c(Cl)cc(Cl)cc3[nH]2)cc1N. The van der Waals surface area contributed by atoms with Crippen LogP contribution in [0.4, 0.5) is 5.69 Å². The minimum Gasteiger partial charge on any atom is -0.495 e. The summed E-state index contributed by atoms with van der Waals surface area (Å²) in [6, 6.07) is 8.92.